The lowest BCUT2D eigenvalue weighted by atomic mass is 10.1. The maximum Gasteiger partial charge on any atom is 0.255 e. The Morgan fingerprint density at radius 1 is 1.10 bits per heavy atom. The number of anilines is 1. The fourth-order valence-electron chi connectivity index (χ4n) is 3.50. The zero-order valence-corrected chi connectivity index (χ0v) is 17.4. The van der Waals surface area contributed by atoms with E-state index in [1.807, 2.05) is 0 Å². The molecule has 0 bridgehead atoms. The number of hydrogen-bond acceptors (Lipinski definition) is 6. The summed E-state index contributed by atoms with van der Waals surface area (Å²) in [5, 5.41) is 10.3. The van der Waals surface area contributed by atoms with E-state index >= 15 is 0 Å². The van der Waals surface area contributed by atoms with Crippen molar-refractivity contribution in [1.29, 1.82) is 0 Å². The summed E-state index contributed by atoms with van der Waals surface area (Å²) in [5.41, 5.74) is 2.11. The van der Waals surface area contributed by atoms with Gasteiger partial charge < -0.3 is 9.73 Å². The number of carbonyl (C=O) groups is 1. The van der Waals surface area contributed by atoms with Gasteiger partial charge in [-0.15, -0.1) is 10.2 Å². The first-order chi connectivity index (χ1) is 14.4. The van der Waals surface area contributed by atoms with E-state index in [1.165, 1.54) is 16.8 Å². The maximum absolute atomic E-state index is 13.1. The topological polar surface area (TPSA) is 105 Å². The van der Waals surface area contributed by atoms with Crippen LogP contribution in [0.4, 0.5) is 5.69 Å². The van der Waals surface area contributed by atoms with E-state index in [0.717, 1.165) is 19.3 Å². The molecule has 1 N–H and O–H groups in total. The predicted molar refractivity (Wildman–Crippen MR) is 111 cm³/mol. The number of amides is 1. The third-order valence-corrected chi connectivity index (χ3v) is 7.15. The lowest BCUT2D eigenvalue weighted by molar-refractivity contribution is 0.102. The molecule has 9 heteroatoms. The van der Waals surface area contributed by atoms with E-state index in [9.17, 15) is 13.2 Å². The van der Waals surface area contributed by atoms with Crippen LogP contribution in [0, 0.1) is 6.92 Å². The summed E-state index contributed by atoms with van der Waals surface area (Å²) in [6.07, 6.45) is 3.98. The van der Waals surface area contributed by atoms with Gasteiger partial charge in [0.1, 0.15) is 0 Å². The number of carbonyl (C=O) groups excluding carboxylic acids is 1. The second-order valence-electron chi connectivity index (χ2n) is 7.22. The summed E-state index contributed by atoms with van der Waals surface area (Å²) in [6, 6.07) is 11.7. The van der Waals surface area contributed by atoms with Crippen LogP contribution in [0.15, 0.2) is 58.2 Å². The molecule has 1 amide bonds. The molecule has 0 atom stereocenters. The Labute approximate surface area is 175 Å². The largest absolute Gasteiger partial charge is 0.423 e. The molecule has 0 aliphatic carbocycles. The molecule has 2 heterocycles. The van der Waals surface area contributed by atoms with Crippen molar-refractivity contribution < 1.29 is 17.6 Å². The SMILES string of the molecule is Cc1ccc(C(=O)Nc2cccc(-c3nnco3)c2)cc1S(=O)(=O)N1CCCCC1. The molecule has 2 aromatic carbocycles. The lowest BCUT2D eigenvalue weighted by Gasteiger charge is -2.26. The molecule has 1 aromatic heterocycles. The molecule has 8 nitrogen and oxygen atoms in total. The van der Waals surface area contributed by atoms with Crippen molar-refractivity contribution in [3.63, 3.8) is 0 Å². The minimum atomic E-state index is -3.63. The van der Waals surface area contributed by atoms with E-state index < -0.39 is 15.9 Å². The number of piperidine rings is 1. The molecule has 4 rings (SSSR count). The van der Waals surface area contributed by atoms with Crippen LogP contribution < -0.4 is 5.32 Å². The Bertz CT molecular complexity index is 1150. The second kappa shape index (κ2) is 8.37. The van der Waals surface area contributed by atoms with Gasteiger partial charge in [-0.25, -0.2) is 8.42 Å². The van der Waals surface area contributed by atoms with E-state index in [-0.39, 0.29) is 10.5 Å². The fourth-order valence-corrected chi connectivity index (χ4v) is 5.26. The van der Waals surface area contributed by atoms with Crippen molar-refractivity contribution in [2.24, 2.45) is 0 Å². The van der Waals surface area contributed by atoms with Crippen LogP contribution in [-0.2, 0) is 10.0 Å². The molecule has 3 aromatic rings. The number of rotatable bonds is 5. The quantitative estimate of drug-likeness (QED) is 0.670. The Morgan fingerprint density at radius 2 is 1.90 bits per heavy atom. The van der Waals surface area contributed by atoms with Crippen molar-refractivity contribution in [1.82, 2.24) is 14.5 Å². The van der Waals surface area contributed by atoms with Gasteiger partial charge in [-0.05, 0) is 55.7 Å². The van der Waals surface area contributed by atoms with Crippen molar-refractivity contribution in [3.05, 3.63) is 60.0 Å². The Hall–Kier alpha value is -3.04. The van der Waals surface area contributed by atoms with Crippen LogP contribution in [0.1, 0.15) is 35.2 Å². The van der Waals surface area contributed by atoms with Gasteiger partial charge in [0.2, 0.25) is 22.3 Å². The van der Waals surface area contributed by atoms with Gasteiger partial charge >= 0.3 is 0 Å². The first-order valence-electron chi connectivity index (χ1n) is 9.74. The minimum Gasteiger partial charge on any atom is -0.423 e. The predicted octanol–water partition coefficient (Wildman–Crippen LogP) is 3.47. The third kappa shape index (κ3) is 4.12. The summed E-state index contributed by atoms with van der Waals surface area (Å²) >= 11 is 0. The van der Waals surface area contributed by atoms with Crippen molar-refractivity contribution in [2.45, 2.75) is 31.1 Å². The summed E-state index contributed by atoms with van der Waals surface area (Å²) in [5.74, 6) is -0.0517. The number of aryl methyl sites for hydroxylation is 1. The standard InChI is InChI=1S/C21H22N4O4S/c1-15-8-9-16(13-19(15)30(27,28)25-10-3-2-4-11-25)20(26)23-18-7-5-6-17(12-18)21-24-22-14-29-21/h5-9,12-14H,2-4,10-11H2,1H3,(H,23,26). The minimum absolute atomic E-state index is 0.177. The number of hydrogen-bond donors (Lipinski definition) is 1. The van der Waals surface area contributed by atoms with Gasteiger partial charge in [0.25, 0.3) is 5.91 Å². The highest BCUT2D eigenvalue weighted by Crippen LogP contribution is 2.25. The molecule has 1 fully saturated rings. The van der Waals surface area contributed by atoms with Crippen molar-refractivity contribution >= 4 is 21.6 Å². The zero-order chi connectivity index (χ0) is 21.1. The molecule has 156 valence electrons. The molecule has 0 unspecified atom stereocenters. The summed E-state index contributed by atoms with van der Waals surface area (Å²) in [6.45, 7) is 2.77. The third-order valence-electron chi connectivity index (χ3n) is 5.11. The highest BCUT2D eigenvalue weighted by molar-refractivity contribution is 7.89. The second-order valence-corrected chi connectivity index (χ2v) is 9.13. The number of nitrogens with zero attached hydrogens (tertiary/aromatic N) is 3. The van der Waals surface area contributed by atoms with E-state index in [2.05, 4.69) is 15.5 Å². The highest BCUT2D eigenvalue weighted by Gasteiger charge is 2.28. The molecular weight excluding hydrogens is 404 g/mol. The Kier molecular flexibility index (Phi) is 5.65. The molecular formula is C21H22N4O4S. The van der Waals surface area contributed by atoms with Gasteiger partial charge in [0, 0.05) is 29.9 Å². The lowest BCUT2D eigenvalue weighted by Crippen LogP contribution is -2.36. The molecule has 0 spiro atoms. The van der Waals surface area contributed by atoms with E-state index in [0.29, 0.717) is 35.8 Å². The summed E-state index contributed by atoms with van der Waals surface area (Å²) < 4.78 is 32.9. The van der Waals surface area contributed by atoms with E-state index in [1.54, 1.807) is 43.3 Å². The normalized spacial score (nSPS) is 15.1. The molecule has 0 radical (unpaired) electrons. The summed E-state index contributed by atoms with van der Waals surface area (Å²) in [7, 11) is -3.63. The van der Waals surface area contributed by atoms with Crippen LogP contribution in [0.3, 0.4) is 0 Å². The number of aromatic nitrogens is 2. The van der Waals surface area contributed by atoms with E-state index in [4.69, 9.17) is 4.42 Å². The molecule has 1 aliphatic heterocycles. The van der Waals surface area contributed by atoms with Crippen LogP contribution >= 0.6 is 0 Å². The van der Waals surface area contributed by atoms with Crippen LogP contribution in [0.2, 0.25) is 0 Å². The fraction of sp³-hybridized carbons (Fsp3) is 0.286. The molecule has 0 saturated carbocycles. The monoisotopic (exact) mass is 426 g/mol. The van der Waals surface area contributed by atoms with Gasteiger partial charge in [-0.2, -0.15) is 4.31 Å². The van der Waals surface area contributed by atoms with Gasteiger partial charge in [0.15, 0.2) is 0 Å². The average molecular weight is 426 g/mol. The molecule has 1 saturated heterocycles. The van der Waals surface area contributed by atoms with Gasteiger partial charge in [-0.1, -0.05) is 18.6 Å². The van der Waals surface area contributed by atoms with Gasteiger partial charge in [0.05, 0.1) is 4.90 Å². The Balaban J connectivity index is 1.58. The Morgan fingerprint density at radius 3 is 2.63 bits per heavy atom. The summed E-state index contributed by atoms with van der Waals surface area (Å²) in [4.78, 5) is 13.0. The van der Waals surface area contributed by atoms with Gasteiger partial charge in [-0.3, -0.25) is 4.79 Å². The number of benzene rings is 2. The number of nitrogens with one attached hydrogen (secondary N) is 1. The van der Waals surface area contributed by atoms with Crippen LogP contribution in [0.25, 0.3) is 11.5 Å². The van der Waals surface area contributed by atoms with Crippen molar-refractivity contribution in [2.75, 3.05) is 18.4 Å². The number of sulfonamides is 1. The highest BCUT2D eigenvalue weighted by atomic mass is 32.2. The average Bonchev–Trinajstić information content (AvgIpc) is 3.30. The van der Waals surface area contributed by atoms with Crippen LogP contribution in [-0.4, -0.2) is 41.9 Å². The molecule has 1 aliphatic rings. The maximum atomic E-state index is 13.1. The zero-order valence-electron chi connectivity index (χ0n) is 16.5. The van der Waals surface area contributed by atoms with Crippen molar-refractivity contribution in [3.8, 4) is 11.5 Å². The smallest absolute Gasteiger partial charge is 0.255 e. The van der Waals surface area contributed by atoms with Crippen LogP contribution in [0.5, 0.6) is 0 Å². The first-order valence-corrected chi connectivity index (χ1v) is 11.2. The first kappa shape index (κ1) is 20.2. The molecule has 30 heavy (non-hydrogen) atoms.